The summed E-state index contributed by atoms with van der Waals surface area (Å²) in [5.74, 6) is 0.897. The number of benzene rings is 2. The summed E-state index contributed by atoms with van der Waals surface area (Å²) in [6.45, 7) is 6.12. The zero-order valence-corrected chi connectivity index (χ0v) is 17.5. The summed E-state index contributed by atoms with van der Waals surface area (Å²) in [5, 5.41) is 13.7. The molecule has 1 heterocycles. The normalized spacial score (nSPS) is 16.7. The first-order valence-corrected chi connectivity index (χ1v) is 9.49. The highest BCUT2D eigenvalue weighted by Crippen LogP contribution is 2.38. The van der Waals surface area contributed by atoms with Crippen molar-refractivity contribution in [2.75, 3.05) is 14.2 Å². The number of fused-ring (bicyclic) bond motifs is 1. The number of hydrogen-bond acceptors (Lipinski definition) is 5. The molecule has 3 rings (SSSR count). The third-order valence-electron chi connectivity index (χ3n) is 4.92. The number of carbonyl (C=O) groups is 1. The van der Waals surface area contributed by atoms with Gasteiger partial charge in [0.2, 0.25) is 0 Å². The van der Waals surface area contributed by atoms with E-state index in [4.69, 9.17) is 9.47 Å². The zero-order chi connectivity index (χ0) is 21.2. The van der Waals surface area contributed by atoms with Crippen LogP contribution >= 0.6 is 0 Å². The van der Waals surface area contributed by atoms with E-state index in [0.717, 1.165) is 23.1 Å². The second-order valence-electron chi connectivity index (χ2n) is 7.91. The van der Waals surface area contributed by atoms with Crippen molar-refractivity contribution in [2.45, 2.75) is 32.7 Å². The Labute approximate surface area is 171 Å². The summed E-state index contributed by atoms with van der Waals surface area (Å²) in [4.78, 5) is 12.7. The van der Waals surface area contributed by atoms with Crippen LogP contribution in [0.5, 0.6) is 11.5 Å². The molecule has 0 unspecified atom stereocenters. The number of aryl methyl sites for hydroxylation is 1. The van der Waals surface area contributed by atoms with Gasteiger partial charge in [0.25, 0.3) is 0 Å². The minimum atomic E-state index is -0.302. The van der Waals surface area contributed by atoms with Crippen LogP contribution in [-0.4, -0.2) is 30.6 Å². The summed E-state index contributed by atoms with van der Waals surface area (Å²) in [6.07, 6.45) is 3.52. The summed E-state index contributed by atoms with van der Waals surface area (Å²) in [5.41, 5.74) is 4.10. The van der Waals surface area contributed by atoms with E-state index >= 15 is 0 Å². The Balaban J connectivity index is 1.99. The number of aliphatic hydroxyl groups is 1. The molecule has 152 valence electrons. The molecule has 0 amide bonds. The highest BCUT2D eigenvalue weighted by Gasteiger charge is 2.29. The molecule has 0 fully saturated rings. The Kier molecular flexibility index (Phi) is 5.69. The average Bonchev–Trinajstić information content (AvgIpc) is 2.66. The largest absolute Gasteiger partial charge is 0.507 e. The van der Waals surface area contributed by atoms with Gasteiger partial charge in [-0.2, -0.15) is 0 Å². The fourth-order valence-electron chi connectivity index (χ4n) is 3.51. The molecule has 1 aliphatic heterocycles. The van der Waals surface area contributed by atoms with E-state index in [1.807, 2.05) is 31.2 Å². The topological polar surface area (TPSA) is 67.8 Å². The molecule has 0 saturated heterocycles. The summed E-state index contributed by atoms with van der Waals surface area (Å²) < 4.78 is 10.8. The van der Waals surface area contributed by atoms with Crippen LogP contribution in [0.4, 0.5) is 0 Å². The lowest BCUT2D eigenvalue weighted by Crippen LogP contribution is -2.43. The third kappa shape index (κ3) is 4.62. The van der Waals surface area contributed by atoms with Gasteiger partial charge in [-0.15, -0.1) is 0 Å². The molecule has 5 nitrogen and oxygen atoms in total. The van der Waals surface area contributed by atoms with E-state index in [1.165, 1.54) is 12.2 Å². The van der Waals surface area contributed by atoms with Crippen molar-refractivity contribution in [3.63, 3.8) is 0 Å². The lowest BCUT2D eigenvalue weighted by Gasteiger charge is -2.36. The minimum absolute atomic E-state index is 0.0607. The molecular formula is C24H27NO4. The maximum atomic E-state index is 12.7. The van der Waals surface area contributed by atoms with Crippen LogP contribution in [0, 0.1) is 6.92 Å². The fraction of sp³-hybridized carbons (Fsp3) is 0.292. The van der Waals surface area contributed by atoms with Crippen LogP contribution in [0.15, 0.2) is 48.6 Å². The van der Waals surface area contributed by atoms with Gasteiger partial charge in [0.1, 0.15) is 5.76 Å². The highest BCUT2D eigenvalue weighted by molar-refractivity contribution is 6.07. The van der Waals surface area contributed by atoms with Gasteiger partial charge >= 0.3 is 0 Å². The summed E-state index contributed by atoms with van der Waals surface area (Å²) >= 11 is 0. The number of rotatable bonds is 5. The number of carbonyl (C=O) groups excluding carboxylic acids is 1. The Bertz CT molecular complexity index is 985. The minimum Gasteiger partial charge on any atom is -0.507 e. The molecule has 0 radical (unpaired) electrons. The van der Waals surface area contributed by atoms with Crippen LogP contribution in [0.2, 0.25) is 0 Å². The van der Waals surface area contributed by atoms with Crippen molar-refractivity contribution in [1.82, 2.24) is 5.32 Å². The number of methoxy groups -OCH3 is 2. The molecule has 0 aliphatic carbocycles. The van der Waals surface area contributed by atoms with Crippen LogP contribution in [0.3, 0.4) is 0 Å². The van der Waals surface area contributed by atoms with Crippen molar-refractivity contribution < 1.29 is 19.4 Å². The summed E-state index contributed by atoms with van der Waals surface area (Å²) in [7, 11) is 3.19. The number of ether oxygens (including phenoxy) is 2. The van der Waals surface area contributed by atoms with Crippen molar-refractivity contribution in [1.29, 1.82) is 0 Å². The first-order valence-electron chi connectivity index (χ1n) is 9.49. The molecule has 2 aromatic rings. The molecule has 2 aromatic carbocycles. The smallest absolute Gasteiger partial charge is 0.184 e. The van der Waals surface area contributed by atoms with E-state index < -0.39 is 0 Å². The Morgan fingerprint density at radius 2 is 1.72 bits per heavy atom. The van der Waals surface area contributed by atoms with Crippen LogP contribution in [-0.2, 0) is 11.2 Å². The van der Waals surface area contributed by atoms with Crippen molar-refractivity contribution >= 4 is 17.2 Å². The van der Waals surface area contributed by atoms with Crippen LogP contribution < -0.4 is 14.8 Å². The lowest BCUT2D eigenvalue weighted by molar-refractivity contribution is -0.110. The van der Waals surface area contributed by atoms with Gasteiger partial charge in [0.15, 0.2) is 17.3 Å². The van der Waals surface area contributed by atoms with Gasteiger partial charge in [-0.25, -0.2) is 0 Å². The third-order valence-corrected chi connectivity index (χ3v) is 4.92. The maximum Gasteiger partial charge on any atom is 0.184 e. The molecule has 1 aliphatic rings. The van der Waals surface area contributed by atoms with Gasteiger partial charge in [0.05, 0.1) is 14.2 Å². The molecule has 29 heavy (non-hydrogen) atoms. The van der Waals surface area contributed by atoms with Crippen molar-refractivity contribution in [3.8, 4) is 11.5 Å². The molecule has 0 saturated carbocycles. The monoisotopic (exact) mass is 393 g/mol. The number of hydrogen-bond donors (Lipinski definition) is 2. The molecule has 5 heteroatoms. The second kappa shape index (κ2) is 8.03. The number of aliphatic hydroxyl groups excluding tert-OH is 1. The second-order valence-corrected chi connectivity index (χ2v) is 7.91. The SMILES string of the molecule is COc1cc2c(cc1OC)/C(=C/C(=O)/C=C(\O)c1ccc(C)cc1)NC(C)(C)C2. The first kappa shape index (κ1) is 20.5. The lowest BCUT2D eigenvalue weighted by atomic mass is 9.85. The van der Waals surface area contributed by atoms with Gasteiger partial charge in [-0.05, 0) is 44.9 Å². The number of ketones is 1. The molecule has 0 atom stereocenters. The molecule has 2 N–H and O–H groups in total. The van der Waals surface area contributed by atoms with Gasteiger partial charge in [0, 0.05) is 34.5 Å². The van der Waals surface area contributed by atoms with E-state index in [2.05, 4.69) is 19.2 Å². The van der Waals surface area contributed by atoms with E-state index in [-0.39, 0.29) is 17.1 Å². The molecule has 0 spiro atoms. The fourth-order valence-corrected chi connectivity index (χ4v) is 3.51. The zero-order valence-electron chi connectivity index (χ0n) is 17.5. The highest BCUT2D eigenvalue weighted by atomic mass is 16.5. The standard InChI is InChI=1S/C24H27NO4/c1-15-6-8-16(9-7-15)21(27)12-18(26)11-20-19-13-23(29-5)22(28-4)10-17(19)14-24(2,3)25-20/h6-13,25,27H,14H2,1-5H3/b20-11-,21-12-. The van der Waals surface area contributed by atoms with E-state index in [9.17, 15) is 9.90 Å². The quantitative estimate of drug-likeness (QED) is 0.580. The van der Waals surface area contributed by atoms with E-state index in [0.29, 0.717) is 22.8 Å². The predicted octanol–water partition coefficient (Wildman–Crippen LogP) is 4.45. The predicted molar refractivity (Wildman–Crippen MR) is 115 cm³/mol. The molecule has 0 bridgehead atoms. The van der Waals surface area contributed by atoms with Crippen molar-refractivity contribution in [2.24, 2.45) is 0 Å². The average molecular weight is 393 g/mol. The molecule has 0 aromatic heterocycles. The Morgan fingerprint density at radius 3 is 2.34 bits per heavy atom. The first-order chi connectivity index (χ1) is 13.7. The number of allylic oxidation sites excluding steroid dienone is 2. The van der Waals surface area contributed by atoms with E-state index in [1.54, 1.807) is 26.4 Å². The molecular weight excluding hydrogens is 366 g/mol. The Hall–Kier alpha value is -3.21. The van der Waals surface area contributed by atoms with Gasteiger partial charge in [-0.3, -0.25) is 4.79 Å². The van der Waals surface area contributed by atoms with Crippen molar-refractivity contribution in [3.05, 3.63) is 70.8 Å². The maximum absolute atomic E-state index is 12.7. The van der Waals surface area contributed by atoms with Gasteiger partial charge in [-0.1, -0.05) is 29.8 Å². The Morgan fingerprint density at radius 1 is 1.10 bits per heavy atom. The van der Waals surface area contributed by atoms with Gasteiger partial charge < -0.3 is 19.9 Å². The number of nitrogens with one attached hydrogen (secondary N) is 1. The summed E-state index contributed by atoms with van der Waals surface area (Å²) in [6, 6.07) is 11.2. The van der Waals surface area contributed by atoms with Crippen LogP contribution in [0.25, 0.3) is 11.5 Å². The van der Waals surface area contributed by atoms with Crippen LogP contribution in [0.1, 0.15) is 36.1 Å².